The number of carbonyl (C=O) groups is 2. The Labute approximate surface area is 159 Å². The summed E-state index contributed by atoms with van der Waals surface area (Å²) in [5.41, 5.74) is 0.727. The molecule has 0 aliphatic heterocycles. The number of furan rings is 1. The van der Waals surface area contributed by atoms with Crippen LogP contribution in [0.2, 0.25) is 0 Å². The number of rotatable bonds is 6. The van der Waals surface area contributed by atoms with Gasteiger partial charge in [0.15, 0.2) is 6.61 Å². The predicted molar refractivity (Wildman–Crippen MR) is 98.7 cm³/mol. The van der Waals surface area contributed by atoms with Crippen LogP contribution in [0.5, 0.6) is 0 Å². The SMILES string of the molecule is C[C@@H](NC(=O)COC(=O)c1csc(S(N)(=O)=O)c1)c1cc2ccccc2o1. The minimum absolute atomic E-state index is 0.0159. The second-order valence-electron chi connectivity index (χ2n) is 5.75. The number of esters is 1. The number of thiophene rings is 1. The van der Waals surface area contributed by atoms with Crippen LogP contribution in [0.15, 0.2) is 50.4 Å². The number of hydrogen-bond acceptors (Lipinski definition) is 7. The van der Waals surface area contributed by atoms with Crippen molar-refractivity contribution in [3.8, 4) is 0 Å². The molecule has 0 aliphatic rings. The molecule has 10 heteroatoms. The molecule has 0 saturated carbocycles. The Balaban J connectivity index is 1.55. The maximum atomic E-state index is 12.0. The Kier molecular flexibility index (Phi) is 5.31. The minimum atomic E-state index is -3.88. The summed E-state index contributed by atoms with van der Waals surface area (Å²) in [6, 6.07) is 9.98. The zero-order chi connectivity index (χ0) is 19.6. The zero-order valence-electron chi connectivity index (χ0n) is 14.2. The molecule has 0 bridgehead atoms. The van der Waals surface area contributed by atoms with Crippen LogP contribution in [0.4, 0.5) is 0 Å². The second kappa shape index (κ2) is 7.51. The Morgan fingerprint density at radius 2 is 2.04 bits per heavy atom. The molecular formula is C17H16N2O6S2. The van der Waals surface area contributed by atoms with Crippen LogP contribution < -0.4 is 10.5 Å². The number of para-hydroxylation sites is 1. The largest absolute Gasteiger partial charge is 0.459 e. The van der Waals surface area contributed by atoms with E-state index in [1.165, 1.54) is 5.38 Å². The monoisotopic (exact) mass is 408 g/mol. The summed E-state index contributed by atoms with van der Waals surface area (Å²) in [5.74, 6) is -0.752. The number of primary sulfonamides is 1. The van der Waals surface area contributed by atoms with Gasteiger partial charge in [0.05, 0.1) is 11.6 Å². The fourth-order valence-electron chi connectivity index (χ4n) is 2.36. The van der Waals surface area contributed by atoms with Crippen molar-refractivity contribution in [2.24, 2.45) is 5.14 Å². The van der Waals surface area contributed by atoms with Crippen LogP contribution in [0, 0.1) is 0 Å². The van der Waals surface area contributed by atoms with Gasteiger partial charge in [0, 0.05) is 10.8 Å². The molecule has 3 rings (SSSR count). The quantitative estimate of drug-likeness (QED) is 0.602. The molecule has 1 atom stereocenters. The molecule has 142 valence electrons. The van der Waals surface area contributed by atoms with Crippen LogP contribution >= 0.6 is 11.3 Å². The van der Waals surface area contributed by atoms with Crippen LogP contribution in [0.25, 0.3) is 11.0 Å². The molecule has 27 heavy (non-hydrogen) atoms. The van der Waals surface area contributed by atoms with Crippen LogP contribution in [-0.2, 0) is 19.6 Å². The van der Waals surface area contributed by atoms with E-state index in [1.54, 1.807) is 6.92 Å². The topological polar surface area (TPSA) is 129 Å². The Hall–Kier alpha value is -2.69. The van der Waals surface area contributed by atoms with Crippen molar-refractivity contribution >= 4 is 44.2 Å². The lowest BCUT2D eigenvalue weighted by Crippen LogP contribution is -2.30. The number of sulfonamides is 1. The van der Waals surface area contributed by atoms with E-state index in [1.807, 2.05) is 30.3 Å². The van der Waals surface area contributed by atoms with Crippen molar-refractivity contribution in [1.82, 2.24) is 5.32 Å². The van der Waals surface area contributed by atoms with Gasteiger partial charge in [-0.15, -0.1) is 11.3 Å². The molecule has 3 aromatic rings. The lowest BCUT2D eigenvalue weighted by Gasteiger charge is -2.11. The third-order valence-electron chi connectivity index (χ3n) is 3.67. The first-order chi connectivity index (χ1) is 12.7. The van der Waals surface area contributed by atoms with Gasteiger partial charge in [-0.1, -0.05) is 18.2 Å². The number of nitrogens with two attached hydrogens (primary N) is 1. The van der Waals surface area contributed by atoms with E-state index in [0.29, 0.717) is 11.3 Å². The van der Waals surface area contributed by atoms with Crippen molar-refractivity contribution in [1.29, 1.82) is 0 Å². The molecule has 1 amide bonds. The van der Waals surface area contributed by atoms with Gasteiger partial charge in [-0.25, -0.2) is 18.4 Å². The molecule has 0 saturated heterocycles. The minimum Gasteiger partial charge on any atom is -0.459 e. The summed E-state index contributed by atoms with van der Waals surface area (Å²) < 4.78 is 32.9. The van der Waals surface area contributed by atoms with Gasteiger partial charge in [-0.3, -0.25) is 4.79 Å². The van der Waals surface area contributed by atoms with E-state index < -0.39 is 34.5 Å². The number of fused-ring (bicyclic) bond motifs is 1. The third kappa shape index (κ3) is 4.54. The normalized spacial score (nSPS) is 12.7. The third-order valence-corrected chi connectivity index (χ3v) is 6.06. The number of benzene rings is 1. The van der Waals surface area contributed by atoms with Gasteiger partial charge >= 0.3 is 5.97 Å². The number of hydrogen-bond donors (Lipinski definition) is 2. The molecule has 1 aromatic carbocycles. The van der Waals surface area contributed by atoms with Gasteiger partial charge in [-0.05, 0) is 25.1 Å². The Bertz CT molecular complexity index is 1070. The average molecular weight is 408 g/mol. The Morgan fingerprint density at radius 3 is 2.70 bits per heavy atom. The fraction of sp³-hybridized carbons (Fsp3) is 0.176. The first-order valence-electron chi connectivity index (χ1n) is 7.80. The fourth-order valence-corrected chi connectivity index (χ4v) is 3.93. The summed E-state index contributed by atoms with van der Waals surface area (Å²) in [6.45, 7) is 1.23. The maximum Gasteiger partial charge on any atom is 0.339 e. The molecule has 0 aliphatic carbocycles. The van der Waals surface area contributed by atoms with Gasteiger partial charge in [0.25, 0.3) is 5.91 Å². The van der Waals surface area contributed by atoms with Crippen LogP contribution in [0.1, 0.15) is 29.1 Å². The molecule has 0 fully saturated rings. The highest BCUT2D eigenvalue weighted by Gasteiger charge is 2.18. The summed E-state index contributed by atoms with van der Waals surface area (Å²) in [5, 5.41) is 9.88. The highest BCUT2D eigenvalue weighted by Crippen LogP contribution is 2.23. The number of ether oxygens (including phenoxy) is 1. The molecule has 0 spiro atoms. The van der Waals surface area contributed by atoms with Gasteiger partial charge in [-0.2, -0.15) is 0 Å². The maximum absolute atomic E-state index is 12.0. The first kappa shape index (κ1) is 19.1. The van der Waals surface area contributed by atoms with Crippen molar-refractivity contribution < 1.29 is 27.2 Å². The standard InChI is InChI=1S/C17H16N2O6S2/c1-10(14-6-11-4-2-3-5-13(11)25-14)19-15(20)8-24-17(21)12-7-16(26-9-12)27(18,22)23/h2-7,9-10H,8H2,1H3,(H,19,20)(H2,18,22,23)/t10-/m1/s1. The van der Waals surface area contributed by atoms with Gasteiger partial charge in [0.2, 0.25) is 10.0 Å². The highest BCUT2D eigenvalue weighted by atomic mass is 32.2. The summed E-state index contributed by atoms with van der Waals surface area (Å²) in [4.78, 5) is 23.9. The second-order valence-corrected chi connectivity index (χ2v) is 8.45. The van der Waals surface area contributed by atoms with E-state index in [2.05, 4.69) is 5.32 Å². The van der Waals surface area contributed by atoms with Crippen LogP contribution in [0.3, 0.4) is 0 Å². The van der Waals surface area contributed by atoms with E-state index in [9.17, 15) is 18.0 Å². The highest BCUT2D eigenvalue weighted by molar-refractivity contribution is 7.91. The number of nitrogens with one attached hydrogen (secondary N) is 1. The summed E-state index contributed by atoms with van der Waals surface area (Å²) >= 11 is 0.802. The molecule has 2 heterocycles. The van der Waals surface area contributed by atoms with Crippen molar-refractivity contribution in [2.45, 2.75) is 17.2 Å². The van der Waals surface area contributed by atoms with E-state index >= 15 is 0 Å². The molecular weight excluding hydrogens is 392 g/mol. The average Bonchev–Trinajstić information content (AvgIpc) is 3.26. The summed E-state index contributed by atoms with van der Waals surface area (Å²) in [6.07, 6.45) is 0. The zero-order valence-corrected chi connectivity index (χ0v) is 15.8. The van der Waals surface area contributed by atoms with Crippen molar-refractivity contribution in [3.05, 3.63) is 53.1 Å². The summed E-state index contributed by atoms with van der Waals surface area (Å²) in [7, 11) is -3.88. The van der Waals surface area contributed by atoms with E-state index in [-0.39, 0.29) is 9.77 Å². The van der Waals surface area contributed by atoms with Gasteiger partial charge in [0.1, 0.15) is 15.6 Å². The molecule has 8 nitrogen and oxygen atoms in total. The number of amides is 1. The molecule has 0 radical (unpaired) electrons. The Morgan fingerprint density at radius 1 is 1.30 bits per heavy atom. The smallest absolute Gasteiger partial charge is 0.339 e. The van der Waals surface area contributed by atoms with E-state index in [0.717, 1.165) is 22.8 Å². The van der Waals surface area contributed by atoms with Crippen LogP contribution in [-0.4, -0.2) is 26.9 Å². The number of carbonyl (C=O) groups excluding carboxylic acids is 2. The molecule has 2 aromatic heterocycles. The molecule has 0 unspecified atom stereocenters. The van der Waals surface area contributed by atoms with E-state index in [4.69, 9.17) is 14.3 Å². The van der Waals surface area contributed by atoms with Crippen molar-refractivity contribution in [2.75, 3.05) is 6.61 Å². The molecule has 3 N–H and O–H groups in total. The van der Waals surface area contributed by atoms with Gasteiger partial charge < -0.3 is 14.5 Å². The lowest BCUT2D eigenvalue weighted by molar-refractivity contribution is -0.125. The van der Waals surface area contributed by atoms with Crippen molar-refractivity contribution in [3.63, 3.8) is 0 Å². The predicted octanol–water partition coefficient (Wildman–Crippen LogP) is 2.18. The lowest BCUT2D eigenvalue weighted by atomic mass is 10.2. The first-order valence-corrected chi connectivity index (χ1v) is 10.2.